The number of aromatic amines is 2. The molecular formula is C89H114N8O13Si2. The first-order valence-electron chi connectivity index (χ1n) is 39.3. The van der Waals surface area contributed by atoms with E-state index in [2.05, 4.69) is 158 Å². The number of hydrogen-bond acceptors (Lipinski definition) is 17. The topological polar surface area (TPSA) is 236 Å². The van der Waals surface area contributed by atoms with Gasteiger partial charge < -0.3 is 47.8 Å². The molecule has 4 saturated heterocycles. The molecule has 0 saturated carbocycles. The Bertz CT molecular complexity index is 4560. The molecule has 8 atom stereocenters. The van der Waals surface area contributed by atoms with E-state index in [-0.39, 0.29) is 42.9 Å². The van der Waals surface area contributed by atoms with Gasteiger partial charge >= 0.3 is 17.5 Å². The molecule has 0 aliphatic carbocycles. The van der Waals surface area contributed by atoms with Gasteiger partial charge in [0.1, 0.15) is 37.9 Å². The summed E-state index contributed by atoms with van der Waals surface area (Å²) in [6.07, 6.45) is 17.4. The molecule has 21 nitrogen and oxygen atoms in total. The third kappa shape index (κ3) is 21.5. The van der Waals surface area contributed by atoms with Gasteiger partial charge in [-0.25, -0.2) is 14.4 Å². The molecule has 6 heterocycles. The van der Waals surface area contributed by atoms with Crippen LogP contribution in [0.3, 0.4) is 0 Å². The summed E-state index contributed by atoms with van der Waals surface area (Å²) >= 11 is 0. The monoisotopic (exact) mass is 1560 g/mol. The van der Waals surface area contributed by atoms with Gasteiger partial charge in [0.15, 0.2) is 0 Å². The summed E-state index contributed by atoms with van der Waals surface area (Å²) in [6.45, 7) is 23.3. The van der Waals surface area contributed by atoms with Crippen LogP contribution in [0.15, 0.2) is 201 Å². The molecule has 4 unspecified atom stereocenters. The molecule has 4 aliphatic heterocycles. The summed E-state index contributed by atoms with van der Waals surface area (Å²) in [6, 6.07) is 58.2. The molecule has 4 fully saturated rings. The van der Waals surface area contributed by atoms with E-state index in [0.717, 1.165) is 76.6 Å². The van der Waals surface area contributed by atoms with Crippen molar-refractivity contribution in [1.29, 1.82) is 0 Å². The van der Waals surface area contributed by atoms with Crippen LogP contribution in [-0.4, -0.2) is 188 Å². The van der Waals surface area contributed by atoms with Crippen LogP contribution >= 0.6 is 0 Å². The Morgan fingerprint density at radius 1 is 0.536 bits per heavy atom. The first-order chi connectivity index (χ1) is 53.8. The van der Waals surface area contributed by atoms with E-state index in [1.54, 1.807) is 13.8 Å². The maximum Gasteiger partial charge on any atom is 0.508 e. The van der Waals surface area contributed by atoms with E-state index in [1.165, 1.54) is 65.7 Å². The number of aliphatic hydroxyl groups is 2. The molecule has 8 aromatic rings. The van der Waals surface area contributed by atoms with Crippen molar-refractivity contribution in [1.82, 2.24) is 38.7 Å². The number of nitrogens with one attached hydrogen (secondary N) is 2. The largest absolute Gasteiger partial charge is 0.508 e. The van der Waals surface area contributed by atoms with E-state index in [4.69, 9.17) is 40.6 Å². The van der Waals surface area contributed by atoms with Gasteiger partial charge in [0.05, 0.1) is 25.4 Å². The fourth-order valence-electron chi connectivity index (χ4n) is 16.1. The highest BCUT2D eigenvalue weighted by atomic mass is 28.4. The maximum absolute atomic E-state index is 13.3. The molecular weight excluding hydrogens is 1450 g/mol. The molecule has 0 radical (unpaired) electrons. The molecule has 0 spiro atoms. The minimum Gasteiger partial charge on any atom is -0.433 e. The van der Waals surface area contributed by atoms with Crippen LogP contribution in [0, 0.1) is 38.5 Å². The summed E-state index contributed by atoms with van der Waals surface area (Å²) in [4.78, 5) is 77.2. The highest BCUT2D eigenvalue weighted by molar-refractivity contribution is 7.00. The fourth-order valence-corrected chi connectivity index (χ4v) is 25.5. The first kappa shape index (κ1) is 85.5. The predicted octanol–water partition coefficient (Wildman–Crippen LogP) is 9.22. The van der Waals surface area contributed by atoms with Crippen molar-refractivity contribution in [3.05, 3.63) is 257 Å². The number of likely N-dealkylation sites (tertiary alicyclic amines) is 2. The number of benzene rings is 6. The number of terminal acetylenes is 2. The second kappa shape index (κ2) is 39.7. The summed E-state index contributed by atoms with van der Waals surface area (Å²) < 4.78 is 41.5. The van der Waals surface area contributed by atoms with Crippen molar-refractivity contribution in [2.75, 3.05) is 79.8 Å². The Labute approximate surface area is 662 Å². The average molecular weight is 1560 g/mol. The van der Waals surface area contributed by atoms with Gasteiger partial charge in [0.25, 0.3) is 27.8 Å². The minimum atomic E-state index is -3.09. The zero-order valence-electron chi connectivity index (χ0n) is 66.8. The van der Waals surface area contributed by atoms with E-state index >= 15 is 0 Å². The predicted molar refractivity (Wildman–Crippen MR) is 445 cm³/mol. The van der Waals surface area contributed by atoms with Crippen molar-refractivity contribution < 1.29 is 42.8 Å². The Hall–Kier alpha value is -8.90. The van der Waals surface area contributed by atoms with Crippen LogP contribution in [0.2, 0.25) is 10.1 Å². The zero-order valence-corrected chi connectivity index (χ0v) is 68.8. The fraction of sp³-hybridized carbons (Fsp3) is 0.449. The van der Waals surface area contributed by atoms with Crippen molar-refractivity contribution in [3.8, 4) is 24.7 Å². The Balaban J connectivity index is 0.000000203. The number of aliphatic hydroxyl groups excluding tert-OH is 2. The molecule has 4 aliphatic rings. The number of hydrogen-bond donors (Lipinski definition) is 4. The highest BCUT2D eigenvalue weighted by Crippen LogP contribution is 2.43. The smallest absolute Gasteiger partial charge is 0.433 e. The SMILES string of the molecule is C#Cc1ccc(CN(CCO)CC2CCCCN2C)cc1.C#Cc1ccc(CN(CCOC(=O)OC[C@H]2O[C@@H](n3cc(C)c(=O)[nH]c3=O)CC2O[Si](c2ccccc2)(c2ccccc2)C(C)(C)C)CC2CCCCN2C)cc1.Cc1cn([C@H]2CC(O[Si](c3ccccc3)(c3ccccc3)C(C)(C)C)[C@@H](CO)O2)c(=O)[nH]c1=O. The summed E-state index contributed by atoms with van der Waals surface area (Å²) in [5, 5.41) is 23.3. The van der Waals surface area contributed by atoms with Gasteiger partial charge in [-0.2, -0.15) is 0 Å². The molecule has 596 valence electrons. The number of nitrogens with zero attached hydrogens (tertiary/aromatic N) is 6. The van der Waals surface area contributed by atoms with Gasteiger partial charge in [-0.1, -0.05) is 212 Å². The number of aromatic nitrogens is 4. The third-order valence-corrected chi connectivity index (χ3v) is 32.3. The Morgan fingerprint density at radius 3 is 1.27 bits per heavy atom. The second-order valence-corrected chi connectivity index (χ2v) is 40.6. The van der Waals surface area contributed by atoms with Crippen LogP contribution in [0.4, 0.5) is 4.79 Å². The molecule has 23 heteroatoms. The molecule has 12 rings (SSSR count). The lowest BCUT2D eigenvalue weighted by Gasteiger charge is -2.45. The van der Waals surface area contributed by atoms with Crippen molar-refractivity contribution in [2.45, 2.75) is 179 Å². The molecule has 2 aromatic heterocycles. The van der Waals surface area contributed by atoms with Crippen LogP contribution in [0.25, 0.3) is 0 Å². The molecule has 4 N–H and O–H groups in total. The standard InChI is InChI=1S/C45H56N4O7Si.C26H32N2O5Si.C18H26N2O/c1-7-34-21-23-35(24-22-34)30-48(31-36-16-14-15-25-47(36)6)26-27-53-44(52)54-32-40-39(28-41(55-40)49-29-33(2)42(50)46-43(49)51)56-57(45(3,4)5,37-17-10-8-11-18-37)38-19-12-9-13-20-38;1-18-16-28(25(31)27-24(18)30)23-15-21(22(17-29)32-23)33-34(26(2,3)4,19-11-7-5-8-12-19)20-13-9-6-10-14-20;1-3-16-7-9-17(10-8-16)14-20(12-13-21)15-18-6-4-5-11-19(18)2/h1,8-13,17-24,29,36,39-41H,14-16,25-28,30-32H2,2-6H3,(H,46,50,51);5-14,16,21-23,29H,15,17H2,1-4H3,(H,27,30,31);1,7-10,18,21H,4-6,11-15H2,2H3/t36?,39?,40-,41-;21?,22-,23-;/m11./s1. The average Bonchev–Trinajstić information content (AvgIpc) is 1.14. The summed E-state index contributed by atoms with van der Waals surface area (Å²) in [5.41, 5.74) is 2.93. The zero-order chi connectivity index (χ0) is 80.2. The normalized spacial score (nSPS) is 20.4. The van der Waals surface area contributed by atoms with Crippen LogP contribution in [0.5, 0.6) is 0 Å². The van der Waals surface area contributed by atoms with Crippen molar-refractivity contribution >= 4 is 43.5 Å². The lowest BCUT2D eigenvalue weighted by molar-refractivity contribution is -0.0572. The molecule has 6 aromatic carbocycles. The molecule has 0 amide bonds. The van der Waals surface area contributed by atoms with Gasteiger partial charge in [0.2, 0.25) is 0 Å². The Morgan fingerprint density at radius 2 is 0.911 bits per heavy atom. The van der Waals surface area contributed by atoms with E-state index in [9.17, 15) is 34.2 Å². The second-order valence-electron chi connectivity index (χ2n) is 32.1. The van der Waals surface area contributed by atoms with Crippen molar-refractivity contribution in [3.63, 3.8) is 0 Å². The summed E-state index contributed by atoms with van der Waals surface area (Å²) in [7, 11) is -1.58. The number of carbonyl (C=O) groups is 1. The number of H-pyrrole nitrogens is 2. The maximum atomic E-state index is 13.3. The number of ether oxygens (including phenoxy) is 4. The van der Waals surface area contributed by atoms with Crippen LogP contribution < -0.4 is 43.2 Å². The first-order valence-corrected chi connectivity index (χ1v) is 43.1. The number of piperidine rings is 2. The van der Waals surface area contributed by atoms with Gasteiger partial charge in [-0.05, 0) is 133 Å². The van der Waals surface area contributed by atoms with E-state index in [1.807, 2.05) is 109 Å². The highest BCUT2D eigenvalue weighted by Gasteiger charge is 2.56. The van der Waals surface area contributed by atoms with Crippen LogP contribution in [0.1, 0.15) is 139 Å². The number of rotatable bonds is 26. The van der Waals surface area contributed by atoms with Gasteiger partial charge in [-0.15, -0.1) is 12.8 Å². The lowest BCUT2D eigenvalue weighted by atomic mass is 10.0. The molecule has 112 heavy (non-hydrogen) atoms. The van der Waals surface area contributed by atoms with E-state index in [0.29, 0.717) is 42.7 Å². The quantitative estimate of drug-likeness (QED) is 0.0225. The number of likely N-dealkylation sites (N-methyl/N-ethyl adjacent to an activating group) is 2. The number of carbonyl (C=O) groups excluding carboxylic acids is 1. The third-order valence-electron chi connectivity index (χ3n) is 22.2. The molecule has 0 bridgehead atoms. The van der Waals surface area contributed by atoms with Crippen LogP contribution in [-0.2, 0) is 40.9 Å². The minimum absolute atomic E-state index is 0.139. The van der Waals surface area contributed by atoms with Crippen molar-refractivity contribution in [2.24, 2.45) is 0 Å². The van der Waals surface area contributed by atoms with Gasteiger partial charge in [0, 0.05) is 98.8 Å². The Kier molecular flexibility index (Phi) is 30.3. The number of aryl methyl sites for hydroxylation is 2. The van der Waals surface area contributed by atoms with E-state index < -0.39 is 82.2 Å². The lowest BCUT2D eigenvalue weighted by Crippen LogP contribution is -2.68. The summed E-state index contributed by atoms with van der Waals surface area (Å²) in [5.74, 6) is 5.32. The van der Waals surface area contributed by atoms with Gasteiger partial charge in [-0.3, -0.25) is 38.5 Å².